The minimum absolute atomic E-state index is 0.280. The number of ether oxygens (including phenoxy) is 1. The Bertz CT molecular complexity index is 705. The lowest BCUT2D eigenvalue weighted by molar-refractivity contribution is -0.162. The Morgan fingerprint density at radius 3 is 2.54 bits per heavy atom. The van der Waals surface area contributed by atoms with E-state index in [9.17, 15) is 5.11 Å². The molecule has 0 amide bonds. The quantitative estimate of drug-likeness (QED) is 0.670. The zero-order valence-corrected chi connectivity index (χ0v) is 18.6. The fraction of sp³-hybridized carbons (Fsp3) is 0.923. The molecule has 1 N–H and O–H groups in total. The number of methoxy groups -OCH3 is 1. The fourth-order valence-electron chi connectivity index (χ4n) is 9.98. The molecule has 0 aromatic carbocycles. The summed E-state index contributed by atoms with van der Waals surface area (Å²) >= 11 is 0. The zero-order chi connectivity index (χ0) is 19.9. The molecule has 0 aromatic heterocycles. The van der Waals surface area contributed by atoms with Crippen LogP contribution in [-0.2, 0) is 4.74 Å². The van der Waals surface area contributed by atoms with E-state index >= 15 is 0 Å². The van der Waals surface area contributed by atoms with Gasteiger partial charge in [0.2, 0.25) is 0 Å². The van der Waals surface area contributed by atoms with Gasteiger partial charge in [-0.2, -0.15) is 0 Å². The molecule has 0 aromatic rings. The van der Waals surface area contributed by atoms with E-state index in [2.05, 4.69) is 32.6 Å². The average Bonchev–Trinajstić information content (AvgIpc) is 3.18. The maximum atomic E-state index is 10.6. The van der Waals surface area contributed by atoms with Crippen LogP contribution < -0.4 is 0 Å². The summed E-state index contributed by atoms with van der Waals surface area (Å²) in [4.78, 5) is 0. The monoisotopic (exact) mass is 384 g/mol. The van der Waals surface area contributed by atoms with Crippen LogP contribution in [0.2, 0.25) is 0 Å². The van der Waals surface area contributed by atoms with Crippen LogP contribution in [-0.4, -0.2) is 24.4 Å². The van der Waals surface area contributed by atoms with Crippen LogP contribution in [0.15, 0.2) is 0 Å². The van der Waals surface area contributed by atoms with Crippen molar-refractivity contribution in [1.29, 1.82) is 0 Å². The van der Waals surface area contributed by atoms with Crippen LogP contribution >= 0.6 is 0 Å². The fourth-order valence-corrected chi connectivity index (χ4v) is 9.98. The summed E-state index contributed by atoms with van der Waals surface area (Å²) in [6.45, 7) is 9.31. The number of rotatable bonds is 3. The normalized spacial score (nSPS) is 55.8. The number of hydrogen-bond donors (Lipinski definition) is 1. The molecule has 5 saturated carbocycles. The third-order valence-electron chi connectivity index (χ3n) is 11.3. The lowest BCUT2D eigenvalue weighted by atomic mass is 9.45. The Labute approximate surface area is 172 Å². The molecule has 0 aliphatic heterocycles. The summed E-state index contributed by atoms with van der Waals surface area (Å²) in [6.07, 6.45) is 11.0. The molecule has 0 saturated heterocycles. The van der Waals surface area contributed by atoms with E-state index in [1.807, 2.05) is 14.0 Å². The molecule has 0 unspecified atom stereocenters. The first-order valence-corrected chi connectivity index (χ1v) is 12.0. The Balaban J connectivity index is 1.45. The highest BCUT2D eigenvalue weighted by atomic mass is 16.5. The highest BCUT2D eigenvalue weighted by Gasteiger charge is 2.77. The summed E-state index contributed by atoms with van der Waals surface area (Å²) in [7, 11) is 1.98. The van der Waals surface area contributed by atoms with E-state index in [4.69, 9.17) is 4.74 Å². The van der Waals surface area contributed by atoms with Crippen molar-refractivity contribution in [3.63, 3.8) is 0 Å². The van der Waals surface area contributed by atoms with Gasteiger partial charge in [0.1, 0.15) is 6.10 Å². The Kier molecular flexibility index (Phi) is 4.33. The number of aliphatic hydroxyl groups is 1. The van der Waals surface area contributed by atoms with E-state index < -0.39 is 6.10 Å². The average molecular weight is 385 g/mol. The van der Waals surface area contributed by atoms with E-state index in [-0.39, 0.29) is 5.92 Å². The minimum atomic E-state index is -0.468. The summed E-state index contributed by atoms with van der Waals surface area (Å²) < 4.78 is 6.23. The zero-order valence-electron chi connectivity index (χ0n) is 18.6. The van der Waals surface area contributed by atoms with Crippen LogP contribution in [0.5, 0.6) is 0 Å². The highest BCUT2D eigenvalue weighted by Crippen LogP contribution is 2.82. The van der Waals surface area contributed by atoms with Gasteiger partial charge in [0.15, 0.2) is 0 Å². The molecule has 1 spiro atoms. The van der Waals surface area contributed by atoms with Gasteiger partial charge in [-0.15, -0.1) is 5.92 Å². The number of hydrogen-bond acceptors (Lipinski definition) is 2. The van der Waals surface area contributed by atoms with E-state index in [0.717, 1.165) is 23.7 Å². The van der Waals surface area contributed by atoms with Crippen molar-refractivity contribution in [3.8, 4) is 11.8 Å². The summed E-state index contributed by atoms with van der Waals surface area (Å²) in [5, 5.41) is 10.6. The molecule has 5 fully saturated rings. The lowest BCUT2D eigenvalue weighted by Gasteiger charge is -2.61. The second kappa shape index (κ2) is 6.24. The van der Waals surface area contributed by atoms with Crippen molar-refractivity contribution in [2.45, 2.75) is 91.3 Å². The SMILES string of the molecule is CC#C[C@H](O)[C@@H](C)[C@H]1CC[C@H]2[C@@H]3C[C@@H](OC)[C@]45C[C@@H]4CC[C@]5(C)[C@H]3CC[C@]12C. The summed E-state index contributed by atoms with van der Waals surface area (Å²) in [5.74, 6) is 10.4. The topological polar surface area (TPSA) is 29.5 Å². The van der Waals surface area contributed by atoms with Gasteiger partial charge in [-0.1, -0.05) is 26.7 Å². The first kappa shape index (κ1) is 19.4. The van der Waals surface area contributed by atoms with Crippen molar-refractivity contribution in [1.82, 2.24) is 0 Å². The molecule has 2 nitrogen and oxygen atoms in total. The second-order valence-electron chi connectivity index (χ2n) is 11.7. The maximum Gasteiger partial charge on any atom is 0.117 e. The molecular formula is C26H40O2. The Hall–Kier alpha value is -0.520. The Morgan fingerprint density at radius 2 is 1.86 bits per heavy atom. The lowest BCUT2D eigenvalue weighted by Crippen LogP contribution is -2.57. The van der Waals surface area contributed by atoms with E-state index in [1.165, 1.54) is 51.4 Å². The molecular weight excluding hydrogens is 344 g/mol. The standard InChI is InChI=1S/C26H40O2/c1-6-7-22(27)16(2)19-8-9-20-18-14-23(28-5)26-15-17(26)10-13-25(26,4)21(18)11-12-24(19,20)3/h16-23,27H,8-15H2,1-5H3/t16-,17-,18-,19+,20-,21-,22-,23+,24+,25+,26-/m0/s1. The molecule has 156 valence electrons. The second-order valence-corrected chi connectivity index (χ2v) is 11.7. The van der Waals surface area contributed by atoms with Crippen LogP contribution in [0.4, 0.5) is 0 Å². The van der Waals surface area contributed by atoms with Crippen molar-refractivity contribution in [2.24, 2.45) is 51.8 Å². The maximum absolute atomic E-state index is 10.6. The van der Waals surface area contributed by atoms with Crippen LogP contribution in [0.25, 0.3) is 0 Å². The smallest absolute Gasteiger partial charge is 0.117 e. The molecule has 2 heteroatoms. The molecule has 28 heavy (non-hydrogen) atoms. The Morgan fingerprint density at radius 1 is 1.07 bits per heavy atom. The van der Waals surface area contributed by atoms with Gasteiger partial charge in [0.25, 0.3) is 0 Å². The summed E-state index contributed by atoms with van der Waals surface area (Å²) in [5.41, 5.74) is 1.41. The van der Waals surface area contributed by atoms with Crippen molar-refractivity contribution in [3.05, 3.63) is 0 Å². The molecule has 0 heterocycles. The molecule has 11 atom stereocenters. The molecule has 0 radical (unpaired) electrons. The number of aliphatic hydroxyl groups excluding tert-OH is 1. The van der Waals surface area contributed by atoms with Gasteiger partial charge in [0.05, 0.1) is 6.10 Å². The van der Waals surface area contributed by atoms with Crippen molar-refractivity contribution < 1.29 is 9.84 Å². The highest BCUT2D eigenvalue weighted by molar-refractivity contribution is 5.26. The van der Waals surface area contributed by atoms with Gasteiger partial charge in [0, 0.05) is 12.5 Å². The van der Waals surface area contributed by atoms with Gasteiger partial charge in [-0.25, -0.2) is 0 Å². The van der Waals surface area contributed by atoms with E-state index in [0.29, 0.717) is 28.3 Å². The number of fused-ring (bicyclic) bond motifs is 4. The predicted molar refractivity (Wildman–Crippen MR) is 112 cm³/mol. The van der Waals surface area contributed by atoms with Gasteiger partial charge < -0.3 is 9.84 Å². The first-order valence-electron chi connectivity index (χ1n) is 12.0. The van der Waals surface area contributed by atoms with Gasteiger partial charge >= 0.3 is 0 Å². The predicted octanol–water partition coefficient (Wildman–Crippen LogP) is 5.29. The first-order chi connectivity index (χ1) is 13.3. The van der Waals surface area contributed by atoms with Gasteiger partial charge in [-0.05, 0) is 105 Å². The van der Waals surface area contributed by atoms with Crippen LogP contribution in [0.1, 0.15) is 79.1 Å². The van der Waals surface area contributed by atoms with Crippen molar-refractivity contribution >= 4 is 0 Å². The third kappa shape index (κ3) is 2.19. The van der Waals surface area contributed by atoms with Crippen molar-refractivity contribution in [2.75, 3.05) is 7.11 Å². The van der Waals surface area contributed by atoms with Crippen LogP contribution in [0.3, 0.4) is 0 Å². The molecule has 0 bridgehead atoms. The largest absolute Gasteiger partial charge is 0.381 e. The molecule has 5 aliphatic carbocycles. The van der Waals surface area contributed by atoms with Crippen LogP contribution in [0, 0.1) is 63.6 Å². The molecule has 5 aliphatic rings. The molecule has 5 rings (SSSR count). The third-order valence-corrected chi connectivity index (χ3v) is 11.3. The minimum Gasteiger partial charge on any atom is -0.381 e. The van der Waals surface area contributed by atoms with Gasteiger partial charge in [-0.3, -0.25) is 0 Å². The van der Waals surface area contributed by atoms with E-state index in [1.54, 1.807) is 0 Å². The summed E-state index contributed by atoms with van der Waals surface area (Å²) in [6, 6.07) is 0.